The smallest absolute Gasteiger partial charge is 0.305 e. The third-order valence-corrected chi connectivity index (χ3v) is 3.58. The van der Waals surface area contributed by atoms with Crippen molar-refractivity contribution in [1.29, 1.82) is 5.41 Å². The van der Waals surface area contributed by atoms with Crippen LogP contribution in [0, 0.1) is 5.41 Å². The molecule has 0 atom stereocenters. The number of nitrogens with one attached hydrogen (secondary N) is 3. The number of amidine groups is 1. The molecule has 27 heavy (non-hydrogen) atoms. The first-order valence-corrected chi connectivity index (χ1v) is 7.86. The standard InChI is InChI=1S/C18H18N4O5/c19-16(20)10-1-3-11(4-2-10)17(26)22-12-5-6-14(23)13(9-12)18(27)21-8-7-15(24)25/h1-6,9,23H,7-8H2,(H3,19,20)(H,21,27)(H,22,26)(H,24,25). The number of aliphatic carboxylic acids is 1. The van der Waals surface area contributed by atoms with Gasteiger partial charge in [-0.3, -0.25) is 19.8 Å². The fourth-order valence-electron chi connectivity index (χ4n) is 2.18. The molecule has 0 aliphatic heterocycles. The van der Waals surface area contributed by atoms with E-state index < -0.39 is 17.8 Å². The number of carboxylic acids is 1. The first-order valence-electron chi connectivity index (χ1n) is 7.86. The van der Waals surface area contributed by atoms with Gasteiger partial charge in [0.25, 0.3) is 11.8 Å². The van der Waals surface area contributed by atoms with Crippen LogP contribution in [-0.2, 0) is 4.79 Å². The summed E-state index contributed by atoms with van der Waals surface area (Å²) in [6, 6.07) is 10.0. The van der Waals surface area contributed by atoms with Gasteiger partial charge in [0.2, 0.25) is 0 Å². The van der Waals surface area contributed by atoms with Crippen molar-refractivity contribution in [1.82, 2.24) is 5.32 Å². The Morgan fingerprint density at radius 2 is 1.63 bits per heavy atom. The summed E-state index contributed by atoms with van der Waals surface area (Å²) in [6.07, 6.45) is -0.251. The maximum absolute atomic E-state index is 12.3. The quantitative estimate of drug-likeness (QED) is 0.243. The molecule has 0 saturated carbocycles. The Morgan fingerprint density at radius 3 is 2.22 bits per heavy atom. The van der Waals surface area contributed by atoms with Crippen LogP contribution in [0.3, 0.4) is 0 Å². The summed E-state index contributed by atoms with van der Waals surface area (Å²) in [4.78, 5) is 34.8. The zero-order valence-electron chi connectivity index (χ0n) is 14.2. The van der Waals surface area contributed by atoms with E-state index in [4.69, 9.17) is 16.2 Å². The summed E-state index contributed by atoms with van der Waals surface area (Å²) in [6.45, 7) is -0.0906. The molecule has 0 heterocycles. The van der Waals surface area contributed by atoms with E-state index in [1.807, 2.05) is 0 Å². The number of phenols is 1. The fraction of sp³-hybridized carbons (Fsp3) is 0.111. The summed E-state index contributed by atoms with van der Waals surface area (Å²) in [5.41, 5.74) is 6.35. The Labute approximate surface area is 154 Å². The molecule has 0 aliphatic rings. The van der Waals surface area contributed by atoms with Crippen LogP contribution in [0.1, 0.15) is 32.7 Å². The lowest BCUT2D eigenvalue weighted by atomic mass is 10.1. The summed E-state index contributed by atoms with van der Waals surface area (Å²) < 4.78 is 0. The molecule has 9 heteroatoms. The highest BCUT2D eigenvalue weighted by molar-refractivity contribution is 6.06. The van der Waals surface area contributed by atoms with E-state index in [0.717, 1.165) is 0 Å². The summed E-state index contributed by atoms with van der Waals surface area (Å²) >= 11 is 0. The predicted octanol–water partition coefficient (Wildman–Crippen LogP) is 1.13. The molecule has 2 aromatic rings. The van der Waals surface area contributed by atoms with Crippen molar-refractivity contribution >= 4 is 29.3 Å². The average molecular weight is 370 g/mol. The van der Waals surface area contributed by atoms with Gasteiger partial charge in [0, 0.05) is 23.4 Å². The van der Waals surface area contributed by atoms with Crippen LogP contribution in [0.5, 0.6) is 5.75 Å². The molecular formula is C18H18N4O5. The lowest BCUT2D eigenvalue weighted by Crippen LogP contribution is -2.26. The number of amides is 2. The minimum absolute atomic E-state index is 0.0906. The van der Waals surface area contributed by atoms with E-state index in [9.17, 15) is 19.5 Å². The summed E-state index contributed by atoms with van der Waals surface area (Å²) in [5, 5.41) is 30.7. The van der Waals surface area contributed by atoms with Gasteiger partial charge in [0.1, 0.15) is 11.6 Å². The Morgan fingerprint density at radius 1 is 1.00 bits per heavy atom. The second kappa shape index (κ2) is 8.48. The van der Waals surface area contributed by atoms with Crippen molar-refractivity contribution in [2.24, 2.45) is 5.73 Å². The number of nitrogen functional groups attached to an aromatic ring is 1. The number of aromatic hydroxyl groups is 1. The van der Waals surface area contributed by atoms with Crippen LogP contribution in [0.2, 0.25) is 0 Å². The molecule has 0 saturated heterocycles. The van der Waals surface area contributed by atoms with Crippen molar-refractivity contribution < 1.29 is 24.6 Å². The molecule has 2 rings (SSSR count). The largest absolute Gasteiger partial charge is 0.507 e. The maximum Gasteiger partial charge on any atom is 0.305 e. The van der Waals surface area contributed by atoms with Gasteiger partial charge in [0.05, 0.1) is 12.0 Å². The highest BCUT2D eigenvalue weighted by Crippen LogP contribution is 2.22. The molecule has 0 fully saturated rings. The van der Waals surface area contributed by atoms with Crippen molar-refractivity contribution in [3.05, 3.63) is 59.2 Å². The average Bonchev–Trinajstić information content (AvgIpc) is 2.62. The van der Waals surface area contributed by atoms with Crippen LogP contribution >= 0.6 is 0 Å². The van der Waals surface area contributed by atoms with E-state index >= 15 is 0 Å². The number of hydrogen-bond donors (Lipinski definition) is 6. The number of phenolic OH excluding ortho intramolecular Hbond substituents is 1. The Bertz CT molecular complexity index is 893. The number of carboxylic acid groups (broad SMARTS) is 1. The topological polar surface area (TPSA) is 166 Å². The summed E-state index contributed by atoms with van der Waals surface area (Å²) in [7, 11) is 0. The van der Waals surface area contributed by atoms with Crippen LogP contribution in [0.25, 0.3) is 0 Å². The monoisotopic (exact) mass is 370 g/mol. The maximum atomic E-state index is 12.3. The molecule has 0 unspecified atom stereocenters. The second-order valence-corrected chi connectivity index (χ2v) is 5.58. The summed E-state index contributed by atoms with van der Waals surface area (Å²) in [5.74, 6) is -2.58. The minimum atomic E-state index is -1.06. The highest BCUT2D eigenvalue weighted by atomic mass is 16.4. The van der Waals surface area contributed by atoms with E-state index in [1.165, 1.54) is 42.5 Å². The van der Waals surface area contributed by atoms with E-state index in [-0.39, 0.29) is 35.8 Å². The Balaban J connectivity index is 2.10. The molecule has 9 nitrogen and oxygen atoms in total. The van der Waals surface area contributed by atoms with E-state index in [2.05, 4.69) is 10.6 Å². The van der Waals surface area contributed by atoms with Crippen LogP contribution in [0.15, 0.2) is 42.5 Å². The van der Waals surface area contributed by atoms with Gasteiger partial charge in [-0.25, -0.2) is 0 Å². The van der Waals surface area contributed by atoms with Crippen molar-refractivity contribution in [2.45, 2.75) is 6.42 Å². The zero-order valence-corrected chi connectivity index (χ0v) is 14.2. The van der Waals surface area contributed by atoms with Crippen molar-refractivity contribution in [3.63, 3.8) is 0 Å². The molecule has 0 aromatic heterocycles. The molecular weight excluding hydrogens is 352 g/mol. The number of nitrogens with two attached hydrogens (primary N) is 1. The van der Waals surface area contributed by atoms with E-state index in [0.29, 0.717) is 11.1 Å². The fourth-order valence-corrected chi connectivity index (χ4v) is 2.18. The number of rotatable bonds is 7. The zero-order chi connectivity index (χ0) is 20.0. The van der Waals surface area contributed by atoms with Crippen LogP contribution in [-0.4, -0.2) is 40.4 Å². The number of carbonyl (C=O) groups is 3. The van der Waals surface area contributed by atoms with Gasteiger partial charge in [-0.1, -0.05) is 12.1 Å². The number of benzene rings is 2. The first kappa shape index (κ1) is 19.4. The molecule has 0 aliphatic carbocycles. The molecule has 7 N–H and O–H groups in total. The van der Waals surface area contributed by atoms with Gasteiger partial charge in [-0.05, 0) is 30.3 Å². The third kappa shape index (κ3) is 5.30. The molecule has 2 amide bonds. The van der Waals surface area contributed by atoms with Crippen LogP contribution < -0.4 is 16.4 Å². The number of carbonyl (C=O) groups excluding carboxylic acids is 2. The lowest BCUT2D eigenvalue weighted by molar-refractivity contribution is -0.136. The predicted molar refractivity (Wildman–Crippen MR) is 98.1 cm³/mol. The molecule has 0 bridgehead atoms. The van der Waals surface area contributed by atoms with Gasteiger partial charge >= 0.3 is 5.97 Å². The normalized spacial score (nSPS) is 10.1. The van der Waals surface area contributed by atoms with Gasteiger partial charge in [-0.2, -0.15) is 0 Å². The molecule has 2 aromatic carbocycles. The number of hydrogen-bond acceptors (Lipinski definition) is 5. The molecule has 140 valence electrons. The Hall–Kier alpha value is -3.88. The van der Waals surface area contributed by atoms with Gasteiger partial charge in [0.15, 0.2) is 0 Å². The van der Waals surface area contributed by atoms with Crippen LogP contribution in [0.4, 0.5) is 5.69 Å². The first-order chi connectivity index (χ1) is 12.8. The van der Waals surface area contributed by atoms with E-state index in [1.54, 1.807) is 0 Å². The minimum Gasteiger partial charge on any atom is -0.507 e. The molecule has 0 radical (unpaired) electrons. The van der Waals surface area contributed by atoms with Gasteiger partial charge in [-0.15, -0.1) is 0 Å². The van der Waals surface area contributed by atoms with Crippen molar-refractivity contribution in [3.8, 4) is 5.75 Å². The Kier molecular flexibility index (Phi) is 6.10. The molecule has 0 spiro atoms. The SMILES string of the molecule is N=C(N)c1ccc(C(=O)Nc2ccc(O)c(C(=O)NCCC(=O)O)c2)cc1. The highest BCUT2D eigenvalue weighted by Gasteiger charge is 2.14. The van der Waals surface area contributed by atoms with Gasteiger partial charge < -0.3 is 26.6 Å². The number of anilines is 1. The lowest BCUT2D eigenvalue weighted by Gasteiger charge is -2.10. The third-order valence-electron chi connectivity index (χ3n) is 3.58. The second-order valence-electron chi connectivity index (χ2n) is 5.58. The van der Waals surface area contributed by atoms with Crippen molar-refractivity contribution in [2.75, 3.05) is 11.9 Å².